The maximum absolute atomic E-state index is 14.3. The molecule has 2 saturated heterocycles. The Bertz CT molecular complexity index is 1310. The van der Waals surface area contributed by atoms with E-state index < -0.39 is 23.8 Å². The Hall–Kier alpha value is -2.75. The second-order valence-electron chi connectivity index (χ2n) is 9.16. The standard InChI is InChI=1S/C24H24ClFN4O3S/c1-12-6-13(25)7-16(20(12)33-19-10-27-9-17(19)26)15-4-5-28-18-8-14(34-21(15)18)11-30-22(31)24(2,3)29-23(30)32/h4-8,17,19,27H,9-11H2,1-3H3,(H,29,32)/t17-,19+/m0/s1. The normalized spacial score (nSPS) is 22.0. The van der Waals surface area contributed by atoms with Crippen LogP contribution in [0.25, 0.3) is 21.3 Å². The number of pyridine rings is 1. The van der Waals surface area contributed by atoms with Crippen molar-refractivity contribution in [1.29, 1.82) is 0 Å². The number of hydrogen-bond donors (Lipinski definition) is 2. The van der Waals surface area contributed by atoms with Gasteiger partial charge in [-0.3, -0.25) is 14.7 Å². The number of fused-ring (bicyclic) bond motifs is 1. The van der Waals surface area contributed by atoms with E-state index in [9.17, 15) is 14.0 Å². The Labute approximate surface area is 205 Å². The average molecular weight is 503 g/mol. The van der Waals surface area contributed by atoms with Gasteiger partial charge in [0.25, 0.3) is 5.91 Å². The Balaban J connectivity index is 1.55. The zero-order valence-electron chi connectivity index (χ0n) is 18.9. The lowest BCUT2D eigenvalue weighted by molar-refractivity contribution is -0.130. The van der Waals surface area contributed by atoms with E-state index in [4.69, 9.17) is 16.3 Å². The van der Waals surface area contributed by atoms with Crippen LogP contribution in [0.4, 0.5) is 9.18 Å². The predicted octanol–water partition coefficient (Wildman–Crippen LogP) is 4.44. The summed E-state index contributed by atoms with van der Waals surface area (Å²) in [6.07, 6.45) is 0.0140. The van der Waals surface area contributed by atoms with Gasteiger partial charge in [-0.2, -0.15) is 0 Å². The molecule has 5 rings (SSSR count). The van der Waals surface area contributed by atoms with Crippen molar-refractivity contribution in [3.05, 3.63) is 45.9 Å². The molecule has 2 atom stereocenters. The summed E-state index contributed by atoms with van der Waals surface area (Å²) in [7, 11) is 0. The van der Waals surface area contributed by atoms with Crippen LogP contribution in [-0.2, 0) is 11.3 Å². The molecule has 2 aliphatic heterocycles. The van der Waals surface area contributed by atoms with Gasteiger partial charge in [-0.05, 0) is 50.6 Å². The maximum atomic E-state index is 14.3. The molecule has 0 unspecified atom stereocenters. The van der Waals surface area contributed by atoms with E-state index in [-0.39, 0.29) is 19.0 Å². The lowest BCUT2D eigenvalue weighted by Crippen LogP contribution is -2.40. The Morgan fingerprint density at radius 3 is 2.74 bits per heavy atom. The first kappa shape index (κ1) is 23.0. The number of rotatable bonds is 5. The zero-order valence-corrected chi connectivity index (χ0v) is 20.5. The van der Waals surface area contributed by atoms with Crippen molar-refractivity contribution in [2.75, 3.05) is 13.1 Å². The van der Waals surface area contributed by atoms with Crippen LogP contribution in [0.3, 0.4) is 0 Å². The van der Waals surface area contributed by atoms with Crippen molar-refractivity contribution in [1.82, 2.24) is 20.5 Å². The molecule has 0 bridgehead atoms. The molecule has 0 aliphatic carbocycles. The predicted molar refractivity (Wildman–Crippen MR) is 130 cm³/mol. The van der Waals surface area contributed by atoms with Gasteiger partial charge in [-0.25, -0.2) is 9.18 Å². The molecule has 34 heavy (non-hydrogen) atoms. The Morgan fingerprint density at radius 2 is 2.06 bits per heavy atom. The topological polar surface area (TPSA) is 83.6 Å². The summed E-state index contributed by atoms with van der Waals surface area (Å²) in [5, 5.41) is 6.26. The fraction of sp³-hybridized carbons (Fsp3) is 0.375. The quantitative estimate of drug-likeness (QED) is 0.504. The molecule has 0 radical (unpaired) electrons. The van der Waals surface area contributed by atoms with Crippen LogP contribution < -0.4 is 15.4 Å². The van der Waals surface area contributed by atoms with Gasteiger partial charge >= 0.3 is 6.03 Å². The summed E-state index contributed by atoms with van der Waals surface area (Å²) in [4.78, 5) is 31.5. The number of thiophene rings is 1. The monoisotopic (exact) mass is 502 g/mol. The molecule has 0 saturated carbocycles. The molecule has 0 spiro atoms. The summed E-state index contributed by atoms with van der Waals surface area (Å²) >= 11 is 7.86. The van der Waals surface area contributed by atoms with Crippen LogP contribution in [0, 0.1) is 6.92 Å². The van der Waals surface area contributed by atoms with Crippen molar-refractivity contribution in [3.63, 3.8) is 0 Å². The fourth-order valence-corrected chi connectivity index (χ4v) is 5.77. The zero-order chi connectivity index (χ0) is 24.2. The van der Waals surface area contributed by atoms with E-state index in [1.165, 1.54) is 16.2 Å². The molecule has 3 amide bonds. The third-order valence-corrected chi connectivity index (χ3v) is 7.47. The number of imide groups is 1. The van der Waals surface area contributed by atoms with Crippen LogP contribution in [0.15, 0.2) is 30.5 Å². The molecule has 4 heterocycles. The number of nitrogens with zero attached hydrogens (tertiary/aromatic N) is 2. The molecule has 178 valence electrons. The average Bonchev–Trinajstić information content (AvgIpc) is 3.42. The number of ether oxygens (including phenoxy) is 1. The fourth-order valence-electron chi connectivity index (χ4n) is 4.37. The van der Waals surface area contributed by atoms with Crippen molar-refractivity contribution >= 4 is 45.1 Å². The van der Waals surface area contributed by atoms with E-state index in [0.29, 0.717) is 17.3 Å². The second-order valence-corrected chi connectivity index (χ2v) is 10.7. The van der Waals surface area contributed by atoms with Gasteiger partial charge in [0.15, 0.2) is 6.17 Å². The number of carbonyl (C=O) groups is 2. The summed E-state index contributed by atoms with van der Waals surface area (Å²) < 4.78 is 21.3. The summed E-state index contributed by atoms with van der Waals surface area (Å²) in [6, 6.07) is 6.96. The molecule has 2 aromatic heterocycles. The van der Waals surface area contributed by atoms with Crippen LogP contribution in [-0.4, -0.2) is 52.7 Å². The smallest absolute Gasteiger partial charge is 0.325 e. The molecule has 2 N–H and O–H groups in total. The summed E-state index contributed by atoms with van der Waals surface area (Å²) in [6.45, 7) is 6.10. The first-order valence-electron chi connectivity index (χ1n) is 11.0. The molecule has 3 aromatic rings. The number of hydrogen-bond acceptors (Lipinski definition) is 6. The van der Waals surface area contributed by atoms with Gasteiger partial charge < -0.3 is 15.4 Å². The second kappa shape index (κ2) is 8.48. The minimum atomic E-state index is -1.10. The third kappa shape index (κ3) is 4.01. The molecule has 1 aromatic carbocycles. The number of alkyl halides is 1. The van der Waals surface area contributed by atoms with Crippen molar-refractivity contribution in [3.8, 4) is 16.9 Å². The van der Waals surface area contributed by atoms with Gasteiger partial charge in [0.05, 0.1) is 16.8 Å². The van der Waals surface area contributed by atoms with E-state index in [1.807, 2.05) is 25.1 Å². The van der Waals surface area contributed by atoms with Gasteiger partial charge in [0, 0.05) is 40.3 Å². The highest BCUT2D eigenvalue weighted by molar-refractivity contribution is 7.19. The van der Waals surface area contributed by atoms with Crippen LogP contribution in [0.2, 0.25) is 5.02 Å². The van der Waals surface area contributed by atoms with Crippen molar-refractivity contribution < 1.29 is 18.7 Å². The number of aromatic nitrogens is 1. The number of urea groups is 1. The lowest BCUT2D eigenvalue weighted by Gasteiger charge is -2.20. The third-order valence-electron chi connectivity index (χ3n) is 6.11. The maximum Gasteiger partial charge on any atom is 0.325 e. The molecule has 2 fully saturated rings. The van der Waals surface area contributed by atoms with Crippen LogP contribution in [0.5, 0.6) is 5.75 Å². The number of aryl methyl sites for hydroxylation is 1. The largest absolute Gasteiger partial charge is 0.485 e. The number of amides is 3. The van der Waals surface area contributed by atoms with Gasteiger partial charge in [-0.1, -0.05) is 11.6 Å². The van der Waals surface area contributed by atoms with Crippen LogP contribution in [0.1, 0.15) is 24.3 Å². The lowest BCUT2D eigenvalue weighted by atomic mass is 10.0. The number of halogens is 2. The molecule has 7 nitrogen and oxygen atoms in total. The highest BCUT2D eigenvalue weighted by atomic mass is 35.5. The summed E-state index contributed by atoms with van der Waals surface area (Å²) in [5.41, 5.74) is 2.22. The highest BCUT2D eigenvalue weighted by Crippen LogP contribution is 2.42. The first-order chi connectivity index (χ1) is 16.1. The molecular formula is C24H24ClFN4O3S. The molecule has 10 heteroatoms. The van der Waals surface area contributed by atoms with E-state index >= 15 is 0 Å². The highest BCUT2D eigenvalue weighted by Gasteiger charge is 2.44. The van der Waals surface area contributed by atoms with E-state index in [2.05, 4.69) is 15.6 Å². The van der Waals surface area contributed by atoms with E-state index in [0.717, 1.165) is 31.8 Å². The Kier molecular flexibility index (Phi) is 5.74. The van der Waals surface area contributed by atoms with Crippen LogP contribution >= 0.6 is 22.9 Å². The molecule has 2 aliphatic rings. The molecular weight excluding hydrogens is 479 g/mol. The Morgan fingerprint density at radius 1 is 1.26 bits per heavy atom. The number of benzene rings is 1. The minimum absolute atomic E-state index is 0.157. The number of carbonyl (C=O) groups excluding carboxylic acids is 2. The SMILES string of the molecule is Cc1cc(Cl)cc(-c2ccnc3cc(CN4C(=O)NC(C)(C)C4=O)sc23)c1O[C@@H]1CNC[C@@H]1F. The first-order valence-corrected chi connectivity index (χ1v) is 12.2. The van der Waals surface area contributed by atoms with Crippen molar-refractivity contribution in [2.24, 2.45) is 0 Å². The van der Waals surface area contributed by atoms with Gasteiger partial charge in [0.2, 0.25) is 0 Å². The van der Waals surface area contributed by atoms with Gasteiger partial charge in [-0.15, -0.1) is 11.3 Å². The minimum Gasteiger partial charge on any atom is -0.485 e. The number of nitrogens with one attached hydrogen (secondary N) is 2. The van der Waals surface area contributed by atoms with Gasteiger partial charge in [0.1, 0.15) is 17.4 Å². The van der Waals surface area contributed by atoms with Crippen molar-refractivity contribution in [2.45, 2.75) is 45.1 Å². The van der Waals surface area contributed by atoms with E-state index in [1.54, 1.807) is 26.1 Å². The summed E-state index contributed by atoms with van der Waals surface area (Å²) in [5.74, 6) is 0.314.